The third kappa shape index (κ3) is 4.43. The number of carbonyl (C=O) groups is 2. The van der Waals surface area contributed by atoms with Crippen LogP contribution in [0.1, 0.15) is 27.4 Å². The van der Waals surface area contributed by atoms with E-state index < -0.39 is 10.8 Å². The Hall–Kier alpha value is -3.63. The average molecular weight is 347 g/mol. The molecule has 0 aliphatic rings. The summed E-state index contributed by atoms with van der Waals surface area (Å²) in [5, 5.41) is 22.9. The van der Waals surface area contributed by atoms with Crippen molar-refractivity contribution in [2.75, 3.05) is 11.9 Å². The first-order valence-electron chi connectivity index (χ1n) is 7.19. The highest BCUT2D eigenvalue weighted by molar-refractivity contribution is 6.04. The van der Waals surface area contributed by atoms with Gasteiger partial charge < -0.3 is 25.9 Å². The summed E-state index contributed by atoms with van der Waals surface area (Å²) in [5.74, 6) is -0.970. The molecule has 0 aliphatic carbocycles. The summed E-state index contributed by atoms with van der Waals surface area (Å²) < 4.78 is 1.52. The number of nitrogens with zero attached hydrogens (tertiary/aromatic N) is 2. The third-order valence-electron chi connectivity index (χ3n) is 3.30. The molecule has 0 saturated carbocycles. The molecule has 11 heteroatoms. The van der Waals surface area contributed by atoms with E-state index in [4.69, 9.17) is 11.1 Å². The van der Waals surface area contributed by atoms with Crippen LogP contribution in [0.25, 0.3) is 0 Å². The van der Waals surface area contributed by atoms with Gasteiger partial charge in [0.05, 0.1) is 22.6 Å². The number of hydrogen-bond donors (Lipinski definition) is 5. The highest BCUT2D eigenvalue weighted by Gasteiger charge is 2.17. The van der Waals surface area contributed by atoms with Crippen molar-refractivity contribution >= 4 is 29.0 Å². The topological polar surface area (TPSA) is 172 Å². The van der Waals surface area contributed by atoms with Gasteiger partial charge in [0, 0.05) is 32.3 Å². The van der Waals surface area contributed by atoms with Crippen molar-refractivity contribution in [3.8, 4) is 0 Å². The molecule has 0 saturated heterocycles. The van der Waals surface area contributed by atoms with Gasteiger partial charge in [-0.3, -0.25) is 25.1 Å². The number of amides is 2. The molecule has 2 aromatic heterocycles. The van der Waals surface area contributed by atoms with Crippen molar-refractivity contribution < 1.29 is 14.5 Å². The van der Waals surface area contributed by atoms with E-state index in [-0.39, 0.29) is 36.1 Å². The van der Waals surface area contributed by atoms with Gasteiger partial charge in [-0.15, -0.1) is 0 Å². The van der Waals surface area contributed by atoms with Gasteiger partial charge in [0.15, 0.2) is 0 Å². The minimum atomic E-state index is -0.612. The average Bonchev–Trinajstić information content (AvgIpc) is 3.13. The van der Waals surface area contributed by atoms with Crippen molar-refractivity contribution in [2.24, 2.45) is 12.8 Å². The smallest absolute Gasteiger partial charge is 0.287 e. The number of hydrogen-bond acceptors (Lipinski definition) is 5. The normalized spacial score (nSPS) is 10.3. The fourth-order valence-electron chi connectivity index (χ4n) is 2.08. The lowest BCUT2D eigenvalue weighted by Crippen LogP contribution is -2.28. The van der Waals surface area contributed by atoms with Gasteiger partial charge in [-0.05, 0) is 6.07 Å². The first kappa shape index (κ1) is 17.7. The van der Waals surface area contributed by atoms with E-state index in [2.05, 4.69) is 15.6 Å². The molecule has 2 rings (SSSR count). The highest BCUT2D eigenvalue weighted by Crippen LogP contribution is 2.16. The number of anilines is 1. The van der Waals surface area contributed by atoms with Crippen molar-refractivity contribution in [1.82, 2.24) is 14.9 Å². The number of aromatic amines is 1. The number of nitrogens with two attached hydrogens (primary N) is 1. The van der Waals surface area contributed by atoms with Crippen LogP contribution in [0, 0.1) is 15.5 Å². The Bertz CT molecular complexity index is 836. The molecule has 6 N–H and O–H groups in total. The van der Waals surface area contributed by atoms with Crippen LogP contribution in [-0.4, -0.2) is 38.7 Å². The Balaban J connectivity index is 2.03. The number of aryl methyl sites for hydroxylation is 1. The molecule has 2 heterocycles. The lowest BCUT2D eigenvalue weighted by molar-refractivity contribution is -0.384. The molecule has 132 valence electrons. The molecule has 0 atom stereocenters. The quantitative estimate of drug-likeness (QED) is 0.213. The molecule has 0 aliphatic heterocycles. The van der Waals surface area contributed by atoms with E-state index in [0.29, 0.717) is 11.4 Å². The van der Waals surface area contributed by atoms with Crippen LogP contribution < -0.4 is 16.4 Å². The Morgan fingerprint density at radius 2 is 2.12 bits per heavy atom. The Morgan fingerprint density at radius 3 is 2.72 bits per heavy atom. The minimum absolute atomic E-state index is 0.0276. The molecule has 0 bridgehead atoms. The zero-order valence-electron chi connectivity index (χ0n) is 13.3. The van der Waals surface area contributed by atoms with Gasteiger partial charge in [-0.2, -0.15) is 0 Å². The number of nitrogens with one attached hydrogen (secondary N) is 4. The van der Waals surface area contributed by atoms with Crippen molar-refractivity contribution in [2.45, 2.75) is 6.42 Å². The number of carbonyl (C=O) groups excluding carboxylic acids is 2. The molecule has 25 heavy (non-hydrogen) atoms. The molecule has 0 radical (unpaired) electrons. The summed E-state index contributed by atoms with van der Waals surface area (Å²) in [7, 11) is 1.63. The van der Waals surface area contributed by atoms with Crippen LogP contribution in [-0.2, 0) is 7.05 Å². The fraction of sp³-hybridized carbons (Fsp3) is 0.214. The van der Waals surface area contributed by atoms with Crippen molar-refractivity contribution in [3.63, 3.8) is 0 Å². The number of rotatable bonds is 7. The predicted molar refractivity (Wildman–Crippen MR) is 89.7 cm³/mol. The van der Waals surface area contributed by atoms with E-state index in [1.165, 1.54) is 16.8 Å². The summed E-state index contributed by atoms with van der Waals surface area (Å²) in [6, 6.07) is 2.59. The maximum Gasteiger partial charge on any atom is 0.287 e. The van der Waals surface area contributed by atoms with Crippen LogP contribution >= 0.6 is 0 Å². The Labute approximate surface area is 141 Å². The van der Waals surface area contributed by atoms with Crippen LogP contribution in [0.15, 0.2) is 24.5 Å². The zero-order valence-corrected chi connectivity index (χ0v) is 13.3. The second-order valence-corrected chi connectivity index (χ2v) is 5.24. The fourth-order valence-corrected chi connectivity index (χ4v) is 2.08. The number of H-pyrrole nitrogens is 1. The first-order chi connectivity index (χ1) is 11.8. The Kier molecular flexibility index (Phi) is 5.17. The first-order valence-corrected chi connectivity index (χ1v) is 7.19. The van der Waals surface area contributed by atoms with Crippen LogP contribution in [0.2, 0.25) is 0 Å². The summed E-state index contributed by atoms with van der Waals surface area (Å²) in [6.45, 7) is 0.229. The molecule has 0 spiro atoms. The molecule has 0 fully saturated rings. The summed E-state index contributed by atoms with van der Waals surface area (Å²) >= 11 is 0. The molecule has 2 amide bonds. The van der Waals surface area contributed by atoms with Gasteiger partial charge in [-0.1, -0.05) is 0 Å². The van der Waals surface area contributed by atoms with E-state index in [1.807, 2.05) is 0 Å². The summed E-state index contributed by atoms with van der Waals surface area (Å²) in [4.78, 5) is 36.7. The van der Waals surface area contributed by atoms with Gasteiger partial charge in [-0.25, -0.2) is 0 Å². The van der Waals surface area contributed by atoms with Crippen LogP contribution in [0.5, 0.6) is 0 Å². The summed E-state index contributed by atoms with van der Waals surface area (Å²) in [5.41, 5.74) is 5.69. The van der Waals surface area contributed by atoms with E-state index in [1.54, 1.807) is 7.05 Å². The zero-order chi connectivity index (χ0) is 18.6. The van der Waals surface area contributed by atoms with E-state index in [9.17, 15) is 19.7 Å². The van der Waals surface area contributed by atoms with Crippen LogP contribution in [0.4, 0.5) is 11.4 Å². The van der Waals surface area contributed by atoms with Crippen molar-refractivity contribution in [3.05, 3.63) is 46.0 Å². The SMILES string of the molecule is Cn1cc(NC(=O)c2cc([N+](=O)[O-])c[nH]2)cc1C(=O)NCCC(=N)N. The number of amidine groups is 1. The maximum absolute atomic E-state index is 12.1. The van der Waals surface area contributed by atoms with E-state index in [0.717, 1.165) is 12.3 Å². The standard InChI is InChI=1S/C14H17N7O4/c1-20-7-8(4-11(20)14(23)17-3-2-12(15)16)19-13(22)10-5-9(6-18-10)21(24)25/h4-7,18H,2-3H2,1H3,(H3,15,16)(H,17,23)(H,19,22). The Morgan fingerprint density at radius 1 is 1.40 bits per heavy atom. The second-order valence-electron chi connectivity index (χ2n) is 5.24. The van der Waals surface area contributed by atoms with Gasteiger partial charge in [0.1, 0.15) is 11.4 Å². The van der Waals surface area contributed by atoms with Crippen molar-refractivity contribution in [1.29, 1.82) is 5.41 Å². The lowest BCUT2D eigenvalue weighted by atomic mass is 10.3. The molecule has 0 aromatic carbocycles. The largest absolute Gasteiger partial charge is 0.388 e. The van der Waals surface area contributed by atoms with Gasteiger partial charge >= 0.3 is 0 Å². The number of aromatic nitrogens is 2. The predicted octanol–water partition coefficient (Wildman–Crippen LogP) is 0.570. The van der Waals surface area contributed by atoms with Gasteiger partial charge in [0.2, 0.25) is 0 Å². The second kappa shape index (κ2) is 7.29. The number of nitro groups is 1. The van der Waals surface area contributed by atoms with Gasteiger partial charge in [0.25, 0.3) is 17.5 Å². The lowest BCUT2D eigenvalue weighted by Gasteiger charge is -2.04. The summed E-state index contributed by atoms with van der Waals surface area (Å²) in [6.07, 6.45) is 2.90. The third-order valence-corrected chi connectivity index (χ3v) is 3.30. The highest BCUT2D eigenvalue weighted by atomic mass is 16.6. The molecular weight excluding hydrogens is 330 g/mol. The molecule has 0 unspecified atom stereocenters. The molecular formula is C14H17N7O4. The van der Waals surface area contributed by atoms with E-state index >= 15 is 0 Å². The van der Waals surface area contributed by atoms with Crippen LogP contribution in [0.3, 0.4) is 0 Å². The molecule has 11 nitrogen and oxygen atoms in total. The molecule has 2 aromatic rings. The minimum Gasteiger partial charge on any atom is -0.388 e. The monoisotopic (exact) mass is 347 g/mol. The maximum atomic E-state index is 12.1.